The Hall–Kier alpha value is -2.94. The second kappa shape index (κ2) is 5.85. The third-order valence-electron chi connectivity index (χ3n) is 4.43. The average molecular weight is 328 g/mol. The Morgan fingerprint density at radius 3 is 2.16 bits per heavy atom. The fourth-order valence-corrected chi connectivity index (χ4v) is 2.90. The fourth-order valence-electron chi connectivity index (χ4n) is 2.90. The highest BCUT2D eigenvalue weighted by molar-refractivity contribution is 5.86. The van der Waals surface area contributed by atoms with Gasteiger partial charge in [0.05, 0.1) is 0 Å². The zero-order valence-electron chi connectivity index (χ0n) is 14.7. The summed E-state index contributed by atoms with van der Waals surface area (Å²) in [5.74, 6) is 1.16. The lowest BCUT2D eigenvalue weighted by molar-refractivity contribution is 0.432. The van der Waals surface area contributed by atoms with Crippen molar-refractivity contribution in [2.45, 2.75) is 26.2 Å². The van der Waals surface area contributed by atoms with E-state index >= 15 is 0 Å². The second-order valence-electron chi connectivity index (χ2n) is 7.31. The van der Waals surface area contributed by atoms with Crippen LogP contribution in [0.15, 0.2) is 71.3 Å². The normalized spacial score (nSPS) is 11.8. The molecule has 0 spiro atoms. The van der Waals surface area contributed by atoms with E-state index in [1.165, 1.54) is 10.9 Å². The second-order valence-corrected chi connectivity index (χ2v) is 7.31. The topological polar surface area (TPSA) is 38.9 Å². The molecule has 3 aromatic carbocycles. The molecule has 0 N–H and O–H groups in total. The number of rotatable bonds is 2. The number of benzene rings is 3. The maximum Gasteiger partial charge on any atom is 0.258 e. The smallest absolute Gasteiger partial charge is 0.258 e. The van der Waals surface area contributed by atoms with Gasteiger partial charge in [-0.1, -0.05) is 80.5 Å². The summed E-state index contributed by atoms with van der Waals surface area (Å²) in [6, 6.07) is 22.8. The highest BCUT2D eigenvalue weighted by Crippen LogP contribution is 2.27. The lowest BCUT2D eigenvalue weighted by atomic mass is 9.87. The van der Waals surface area contributed by atoms with Crippen LogP contribution in [0.4, 0.5) is 0 Å². The minimum absolute atomic E-state index is 0.131. The maximum absolute atomic E-state index is 5.49. The van der Waals surface area contributed by atoms with Crippen LogP contribution < -0.4 is 0 Å². The first-order valence-electron chi connectivity index (χ1n) is 8.44. The molecule has 4 aromatic rings. The van der Waals surface area contributed by atoms with E-state index in [1.807, 2.05) is 18.2 Å². The first-order valence-corrected chi connectivity index (χ1v) is 8.44. The summed E-state index contributed by atoms with van der Waals surface area (Å²) in [6.07, 6.45) is 0. The Morgan fingerprint density at radius 1 is 0.760 bits per heavy atom. The molecule has 1 aromatic heterocycles. The van der Waals surface area contributed by atoms with E-state index in [9.17, 15) is 0 Å². The van der Waals surface area contributed by atoms with Crippen molar-refractivity contribution in [3.05, 3.63) is 72.3 Å². The van der Waals surface area contributed by atoms with Crippen molar-refractivity contribution in [3.8, 4) is 22.8 Å². The largest absolute Gasteiger partial charge is 0.334 e. The van der Waals surface area contributed by atoms with E-state index in [0.29, 0.717) is 11.7 Å². The monoisotopic (exact) mass is 328 g/mol. The molecule has 0 amide bonds. The Morgan fingerprint density at radius 2 is 1.44 bits per heavy atom. The summed E-state index contributed by atoms with van der Waals surface area (Å²) in [7, 11) is 0. The van der Waals surface area contributed by atoms with E-state index in [1.54, 1.807) is 0 Å². The Labute approximate surface area is 147 Å². The van der Waals surface area contributed by atoms with Crippen molar-refractivity contribution in [2.75, 3.05) is 0 Å². The Kier molecular flexibility index (Phi) is 3.65. The summed E-state index contributed by atoms with van der Waals surface area (Å²) in [6.45, 7) is 6.61. The molecule has 3 heteroatoms. The summed E-state index contributed by atoms with van der Waals surface area (Å²) in [5.41, 5.74) is 3.31. The molecule has 0 atom stereocenters. The highest BCUT2D eigenvalue weighted by Gasteiger charge is 2.15. The third-order valence-corrected chi connectivity index (χ3v) is 4.43. The molecule has 0 saturated carbocycles. The van der Waals surface area contributed by atoms with Gasteiger partial charge < -0.3 is 4.52 Å². The zero-order valence-corrected chi connectivity index (χ0v) is 14.7. The molecule has 0 radical (unpaired) electrons. The molecule has 4 rings (SSSR count). The van der Waals surface area contributed by atoms with Crippen LogP contribution in [0.1, 0.15) is 26.3 Å². The lowest BCUT2D eigenvalue weighted by Gasteiger charge is -2.18. The summed E-state index contributed by atoms with van der Waals surface area (Å²) >= 11 is 0. The molecule has 0 aliphatic carbocycles. The zero-order chi connectivity index (χ0) is 17.4. The number of hydrogen-bond donors (Lipinski definition) is 0. The number of aromatic nitrogens is 2. The third kappa shape index (κ3) is 3.05. The van der Waals surface area contributed by atoms with Crippen LogP contribution in [0.25, 0.3) is 33.6 Å². The highest BCUT2D eigenvalue weighted by atomic mass is 16.5. The molecule has 124 valence electrons. The first-order chi connectivity index (χ1) is 12.0. The van der Waals surface area contributed by atoms with Gasteiger partial charge in [-0.25, -0.2) is 0 Å². The first kappa shape index (κ1) is 15.6. The van der Waals surface area contributed by atoms with E-state index in [2.05, 4.69) is 79.4 Å². The molecule has 0 aliphatic rings. The molecular formula is C22H20N2O. The van der Waals surface area contributed by atoms with Gasteiger partial charge >= 0.3 is 0 Å². The molecule has 1 heterocycles. The number of hydrogen-bond acceptors (Lipinski definition) is 3. The lowest BCUT2D eigenvalue weighted by Crippen LogP contribution is -2.10. The molecule has 0 unspecified atom stereocenters. The molecule has 0 fully saturated rings. The Bertz CT molecular complexity index is 1020. The molecule has 25 heavy (non-hydrogen) atoms. The molecular weight excluding hydrogens is 308 g/mol. The summed E-state index contributed by atoms with van der Waals surface area (Å²) in [4.78, 5) is 4.57. The molecule has 0 saturated heterocycles. The van der Waals surface area contributed by atoms with E-state index < -0.39 is 0 Å². The van der Waals surface area contributed by atoms with Crippen molar-refractivity contribution < 1.29 is 4.52 Å². The molecule has 3 nitrogen and oxygen atoms in total. The van der Waals surface area contributed by atoms with Crippen LogP contribution in [0.3, 0.4) is 0 Å². The van der Waals surface area contributed by atoms with Gasteiger partial charge in [0.1, 0.15) is 0 Å². The van der Waals surface area contributed by atoms with Crippen LogP contribution in [-0.2, 0) is 5.41 Å². The van der Waals surface area contributed by atoms with E-state index in [4.69, 9.17) is 4.52 Å². The SMILES string of the molecule is CC(C)(C)c1ccc(-c2noc(-c3ccc4ccccc4c3)n2)cc1. The van der Waals surface area contributed by atoms with Crippen molar-refractivity contribution in [2.24, 2.45) is 0 Å². The van der Waals surface area contributed by atoms with Crippen molar-refractivity contribution in [1.29, 1.82) is 0 Å². The van der Waals surface area contributed by atoms with Gasteiger partial charge in [0.25, 0.3) is 5.89 Å². The van der Waals surface area contributed by atoms with Crippen molar-refractivity contribution in [3.63, 3.8) is 0 Å². The van der Waals surface area contributed by atoms with Gasteiger partial charge in [-0.15, -0.1) is 0 Å². The summed E-state index contributed by atoms with van der Waals surface area (Å²) < 4.78 is 5.49. The van der Waals surface area contributed by atoms with Crippen LogP contribution in [0.5, 0.6) is 0 Å². The minimum atomic E-state index is 0.131. The average Bonchev–Trinajstić information content (AvgIpc) is 3.11. The van der Waals surface area contributed by atoms with Gasteiger partial charge in [-0.2, -0.15) is 4.98 Å². The maximum atomic E-state index is 5.49. The standard InChI is InChI=1S/C22H20N2O/c1-22(2,3)19-12-10-16(11-13-19)20-23-21(25-24-20)18-9-8-15-6-4-5-7-17(15)14-18/h4-14H,1-3H3. The van der Waals surface area contributed by atoms with E-state index in [0.717, 1.165) is 16.5 Å². The quantitative estimate of drug-likeness (QED) is 0.463. The van der Waals surface area contributed by atoms with Gasteiger partial charge in [-0.3, -0.25) is 0 Å². The van der Waals surface area contributed by atoms with Crippen LogP contribution in [-0.4, -0.2) is 10.1 Å². The molecule has 0 bridgehead atoms. The van der Waals surface area contributed by atoms with Gasteiger partial charge in [0.2, 0.25) is 5.82 Å². The van der Waals surface area contributed by atoms with Crippen molar-refractivity contribution >= 4 is 10.8 Å². The predicted octanol–water partition coefficient (Wildman–Crippen LogP) is 5.85. The van der Waals surface area contributed by atoms with Crippen LogP contribution in [0, 0.1) is 0 Å². The van der Waals surface area contributed by atoms with Crippen LogP contribution in [0.2, 0.25) is 0 Å². The summed E-state index contributed by atoms with van der Waals surface area (Å²) in [5, 5.41) is 6.51. The Balaban J connectivity index is 1.67. The van der Waals surface area contributed by atoms with Crippen molar-refractivity contribution in [1.82, 2.24) is 10.1 Å². The van der Waals surface area contributed by atoms with Gasteiger partial charge in [-0.05, 0) is 33.9 Å². The van der Waals surface area contributed by atoms with Gasteiger partial charge in [0.15, 0.2) is 0 Å². The van der Waals surface area contributed by atoms with Crippen LogP contribution >= 0.6 is 0 Å². The number of fused-ring (bicyclic) bond motifs is 1. The molecule has 0 aliphatic heterocycles. The fraction of sp³-hybridized carbons (Fsp3) is 0.182. The number of nitrogens with zero attached hydrogens (tertiary/aromatic N) is 2. The van der Waals surface area contributed by atoms with Gasteiger partial charge in [0, 0.05) is 11.1 Å². The predicted molar refractivity (Wildman–Crippen MR) is 101 cm³/mol. The minimum Gasteiger partial charge on any atom is -0.334 e. The van der Waals surface area contributed by atoms with E-state index in [-0.39, 0.29) is 5.41 Å².